The van der Waals surface area contributed by atoms with Gasteiger partial charge in [-0.25, -0.2) is 9.79 Å². The fourth-order valence-electron chi connectivity index (χ4n) is 3.85. The Hall–Kier alpha value is -2.63. The van der Waals surface area contributed by atoms with E-state index in [1.54, 1.807) is 56.3 Å². The van der Waals surface area contributed by atoms with Crippen LogP contribution in [0, 0.1) is 3.57 Å². The molecule has 0 spiro atoms. The molecule has 0 saturated carbocycles. The standard InChI is InChI=1S/C25H22ClIN2O5S/c1-4-33-18-11-14(10-17(27)22(18)30)12-19-23(31)29-21(15-6-8-16(26)9-7-15)20(24(32)34-5-2)13(3)28-25(29)35-19/h6-12,21,30H,4-5H2,1-3H3/t21-/m1/s1. The van der Waals surface area contributed by atoms with Crippen molar-refractivity contribution in [1.82, 2.24) is 4.57 Å². The van der Waals surface area contributed by atoms with Gasteiger partial charge >= 0.3 is 5.97 Å². The summed E-state index contributed by atoms with van der Waals surface area (Å²) in [7, 11) is 0. The molecule has 0 unspecified atom stereocenters. The minimum atomic E-state index is -0.705. The van der Waals surface area contributed by atoms with Gasteiger partial charge in [0.1, 0.15) is 0 Å². The molecule has 3 aromatic rings. The van der Waals surface area contributed by atoms with Crippen LogP contribution in [0.4, 0.5) is 0 Å². The summed E-state index contributed by atoms with van der Waals surface area (Å²) in [4.78, 5) is 31.6. The van der Waals surface area contributed by atoms with Crippen LogP contribution in [0.3, 0.4) is 0 Å². The number of phenolic OH excluding ortho intramolecular Hbond substituents is 1. The van der Waals surface area contributed by atoms with E-state index in [-0.39, 0.29) is 17.9 Å². The summed E-state index contributed by atoms with van der Waals surface area (Å²) in [6.07, 6.45) is 1.73. The van der Waals surface area contributed by atoms with Gasteiger partial charge in [-0.2, -0.15) is 0 Å². The first-order valence-corrected chi connectivity index (χ1v) is 13.1. The second kappa shape index (κ2) is 10.5. The summed E-state index contributed by atoms with van der Waals surface area (Å²) in [6.45, 7) is 5.90. The van der Waals surface area contributed by atoms with E-state index in [2.05, 4.69) is 4.99 Å². The van der Waals surface area contributed by atoms with Crippen molar-refractivity contribution >= 4 is 57.6 Å². The predicted octanol–water partition coefficient (Wildman–Crippen LogP) is 4.16. The van der Waals surface area contributed by atoms with Crippen LogP contribution in [0.25, 0.3) is 6.08 Å². The van der Waals surface area contributed by atoms with E-state index in [4.69, 9.17) is 21.1 Å². The maximum atomic E-state index is 13.7. The van der Waals surface area contributed by atoms with Crippen LogP contribution in [0.5, 0.6) is 11.5 Å². The first kappa shape index (κ1) is 25.5. The zero-order valence-electron chi connectivity index (χ0n) is 19.2. The Morgan fingerprint density at radius 2 is 1.97 bits per heavy atom. The van der Waals surface area contributed by atoms with E-state index in [1.165, 1.54) is 15.9 Å². The highest BCUT2D eigenvalue weighted by Crippen LogP contribution is 2.33. The average molecular weight is 625 g/mol. The molecule has 7 nitrogen and oxygen atoms in total. The summed E-state index contributed by atoms with van der Waals surface area (Å²) in [5, 5.41) is 10.8. The lowest BCUT2D eigenvalue weighted by molar-refractivity contribution is -0.139. The number of hydrogen-bond acceptors (Lipinski definition) is 7. The van der Waals surface area contributed by atoms with Gasteiger partial charge in [0.2, 0.25) is 0 Å². The molecule has 0 amide bonds. The van der Waals surface area contributed by atoms with Crippen LogP contribution in [0.15, 0.2) is 57.5 Å². The number of nitrogens with zero attached hydrogens (tertiary/aromatic N) is 2. The number of halogens is 2. The van der Waals surface area contributed by atoms with Crippen molar-refractivity contribution in [3.8, 4) is 11.5 Å². The van der Waals surface area contributed by atoms with Gasteiger partial charge < -0.3 is 14.6 Å². The van der Waals surface area contributed by atoms with E-state index < -0.39 is 12.0 Å². The van der Waals surface area contributed by atoms with Crippen molar-refractivity contribution in [3.63, 3.8) is 0 Å². The van der Waals surface area contributed by atoms with Crippen LogP contribution in [-0.4, -0.2) is 28.9 Å². The number of carbonyl (C=O) groups excluding carboxylic acids is 1. The minimum Gasteiger partial charge on any atom is -0.504 e. The third-order valence-electron chi connectivity index (χ3n) is 5.35. The van der Waals surface area contributed by atoms with Gasteiger partial charge in [-0.1, -0.05) is 35.1 Å². The van der Waals surface area contributed by atoms with Crippen LogP contribution in [0.2, 0.25) is 5.02 Å². The number of hydrogen-bond donors (Lipinski definition) is 1. The quantitative estimate of drug-likeness (QED) is 0.329. The second-order valence-corrected chi connectivity index (χ2v) is 10.2. The Morgan fingerprint density at radius 1 is 1.26 bits per heavy atom. The topological polar surface area (TPSA) is 90.1 Å². The van der Waals surface area contributed by atoms with Gasteiger partial charge in [0.15, 0.2) is 16.3 Å². The molecule has 35 heavy (non-hydrogen) atoms. The van der Waals surface area contributed by atoms with Gasteiger partial charge in [-0.3, -0.25) is 9.36 Å². The fourth-order valence-corrected chi connectivity index (χ4v) is 5.64. The number of allylic oxidation sites excluding steroid dienone is 1. The first-order chi connectivity index (χ1) is 16.7. The van der Waals surface area contributed by atoms with Gasteiger partial charge in [0.25, 0.3) is 5.56 Å². The lowest BCUT2D eigenvalue weighted by Crippen LogP contribution is -2.39. The molecular weight excluding hydrogens is 603 g/mol. The molecule has 0 radical (unpaired) electrons. The lowest BCUT2D eigenvalue weighted by atomic mass is 9.96. The molecule has 1 aliphatic heterocycles. The van der Waals surface area contributed by atoms with Gasteiger partial charge in [-0.15, -0.1) is 0 Å². The van der Waals surface area contributed by atoms with Crippen molar-refractivity contribution < 1.29 is 19.4 Å². The third kappa shape index (κ3) is 5.03. The highest BCUT2D eigenvalue weighted by molar-refractivity contribution is 14.1. The van der Waals surface area contributed by atoms with E-state index in [0.717, 1.165) is 5.56 Å². The number of ether oxygens (including phenoxy) is 2. The lowest BCUT2D eigenvalue weighted by Gasteiger charge is -2.24. The van der Waals surface area contributed by atoms with Crippen molar-refractivity contribution in [3.05, 3.63) is 87.1 Å². The summed E-state index contributed by atoms with van der Waals surface area (Å²) in [6, 6.07) is 9.77. The summed E-state index contributed by atoms with van der Waals surface area (Å²) in [5.41, 5.74) is 1.94. The molecule has 4 rings (SSSR count). The van der Waals surface area contributed by atoms with E-state index in [9.17, 15) is 14.7 Å². The van der Waals surface area contributed by atoms with Crippen LogP contribution in [0.1, 0.15) is 37.9 Å². The van der Waals surface area contributed by atoms with Crippen molar-refractivity contribution in [2.75, 3.05) is 13.2 Å². The number of phenols is 1. The molecule has 10 heteroatoms. The van der Waals surface area contributed by atoms with Crippen LogP contribution >= 0.6 is 45.5 Å². The molecule has 0 saturated heterocycles. The number of rotatable bonds is 6. The number of benzene rings is 2. The largest absolute Gasteiger partial charge is 0.504 e. The van der Waals surface area contributed by atoms with Crippen molar-refractivity contribution in [1.29, 1.82) is 0 Å². The number of esters is 1. The molecule has 0 bridgehead atoms. The Balaban J connectivity index is 1.93. The van der Waals surface area contributed by atoms with E-state index >= 15 is 0 Å². The zero-order chi connectivity index (χ0) is 25.3. The highest BCUT2D eigenvalue weighted by atomic mass is 127. The summed E-state index contributed by atoms with van der Waals surface area (Å²) < 4.78 is 13.4. The molecule has 2 aromatic carbocycles. The molecular formula is C25H22ClIN2O5S. The Morgan fingerprint density at radius 3 is 2.63 bits per heavy atom. The van der Waals surface area contributed by atoms with Crippen molar-refractivity contribution in [2.24, 2.45) is 4.99 Å². The molecule has 0 fully saturated rings. The molecule has 2 heterocycles. The van der Waals surface area contributed by atoms with Gasteiger partial charge in [-0.05, 0) is 84.8 Å². The van der Waals surface area contributed by atoms with Crippen LogP contribution in [-0.2, 0) is 9.53 Å². The minimum absolute atomic E-state index is 0.0588. The fraction of sp³-hybridized carbons (Fsp3) is 0.240. The monoisotopic (exact) mass is 624 g/mol. The van der Waals surface area contributed by atoms with E-state index in [0.29, 0.717) is 47.1 Å². The van der Waals surface area contributed by atoms with Gasteiger partial charge in [0, 0.05) is 5.02 Å². The van der Waals surface area contributed by atoms with Crippen molar-refractivity contribution in [2.45, 2.75) is 26.8 Å². The number of aromatic hydroxyl groups is 1. The number of carbonyl (C=O) groups is 1. The molecule has 0 aliphatic carbocycles. The number of fused-ring (bicyclic) bond motifs is 1. The first-order valence-electron chi connectivity index (χ1n) is 10.9. The Kier molecular flexibility index (Phi) is 7.67. The van der Waals surface area contributed by atoms with Gasteiger partial charge in [0.05, 0.1) is 38.6 Å². The molecule has 1 aliphatic rings. The SMILES string of the molecule is CCOC(=O)C1=C(C)N=c2sc(=Cc3cc(I)c(O)c(OCC)c3)c(=O)n2[C@@H]1c1ccc(Cl)cc1. The maximum absolute atomic E-state index is 13.7. The summed E-state index contributed by atoms with van der Waals surface area (Å²) in [5.74, 6) is -0.112. The molecule has 182 valence electrons. The number of aromatic nitrogens is 1. The Bertz CT molecular complexity index is 1510. The molecule has 1 N–H and O–H groups in total. The normalized spacial score (nSPS) is 15.6. The zero-order valence-corrected chi connectivity index (χ0v) is 22.9. The smallest absolute Gasteiger partial charge is 0.338 e. The number of thiazole rings is 1. The predicted molar refractivity (Wildman–Crippen MR) is 144 cm³/mol. The van der Waals surface area contributed by atoms with Crippen LogP contribution < -0.4 is 19.6 Å². The Labute approximate surface area is 224 Å². The molecule has 1 atom stereocenters. The maximum Gasteiger partial charge on any atom is 0.338 e. The third-order valence-corrected chi connectivity index (χ3v) is 7.41. The van der Waals surface area contributed by atoms with E-state index in [1.807, 2.05) is 29.5 Å². The molecule has 1 aromatic heterocycles. The average Bonchev–Trinajstić information content (AvgIpc) is 3.11. The highest BCUT2D eigenvalue weighted by Gasteiger charge is 2.33. The summed E-state index contributed by atoms with van der Waals surface area (Å²) >= 11 is 9.34. The second-order valence-electron chi connectivity index (χ2n) is 7.64.